The minimum Gasteiger partial charge on any atom is -0.493 e. The first-order valence-electron chi connectivity index (χ1n) is 6.53. The van der Waals surface area contributed by atoms with Crippen LogP contribution in [0.4, 0.5) is 0 Å². The second-order valence-electron chi connectivity index (χ2n) is 4.87. The zero-order valence-electron chi connectivity index (χ0n) is 11.4. The summed E-state index contributed by atoms with van der Waals surface area (Å²) in [6.07, 6.45) is 2.51. The minimum absolute atomic E-state index is 0.520. The first-order valence-corrected chi connectivity index (χ1v) is 6.53. The lowest BCUT2D eigenvalue weighted by Gasteiger charge is -2.10. The number of nitrogens with zero attached hydrogens (tertiary/aromatic N) is 3. The number of rotatable bonds is 6. The second-order valence-corrected chi connectivity index (χ2v) is 4.87. The van der Waals surface area contributed by atoms with E-state index in [1.165, 1.54) is 0 Å². The number of benzene rings is 1. The molecule has 0 saturated carbocycles. The summed E-state index contributed by atoms with van der Waals surface area (Å²) in [7, 11) is 0. The summed E-state index contributed by atoms with van der Waals surface area (Å²) in [6, 6.07) is 7.85. The molecule has 0 aliphatic heterocycles. The molecule has 102 valence electrons. The molecule has 1 heterocycles. The highest BCUT2D eigenvalue weighted by molar-refractivity contribution is 5.37. The molecule has 5 heteroatoms. The van der Waals surface area contributed by atoms with E-state index >= 15 is 0 Å². The van der Waals surface area contributed by atoms with Gasteiger partial charge in [0.2, 0.25) is 0 Å². The van der Waals surface area contributed by atoms with Crippen LogP contribution in [0.3, 0.4) is 0 Å². The molecule has 0 spiro atoms. The normalized spacial score (nSPS) is 10.9. The lowest BCUT2D eigenvalue weighted by Crippen LogP contribution is -2.09. The van der Waals surface area contributed by atoms with Gasteiger partial charge in [-0.1, -0.05) is 19.1 Å². The van der Waals surface area contributed by atoms with Gasteiger partial charge in [0.05, 0.1) is 24.2 Å². The fourth-order valence-electron chi connectivity index (χ4n) is 1.74. The van der Waals surface area contributed by atoms with E-state index in [9.17, 15) is 0 Å². The summed E-state index contributed by atoms with van der Waals surface area (Å²) >= 11 is 0. The van der Waals surface area contributed by atoms with E-state index in [1.807, 2.05) is 24.3 Å². The number of ether oxygens (including phenoxy) is 1. The average Bonchev–Trinajstić information content (AvgIpc) is 2.86. The predicted molar refractivity (Wildman–Crippen MR) is 74.5 cm³/mol. The molecular formula is C14H20N4O. The maximum Gasteiger partial charge on any atom is 0.119 e. The van der Waals surface area contributed by atoms with Crippen LogP contribution in [-0.2, 0) is 6.42 Å². The minimum atomic E-state index is 0.520. The maximum atomic E-state index is 5.65. The summed E-state index contributed by atoms with van der Waals surface area (Å²) in [5, 5.41) is 8.00. The van der Waals surface area contributed by atoms with Crippen molar-refractivity contribution in [1.82, 2.24) is 15.0 Å². The van der Waals surface area contributed by atoms with Crippen molar-refractivity contribution in [3.05, 3.63) is 36.2 Å². The summed E-state index contributed by atoms with van der Waals surface area (Å²) < 4.78 is 7.46. The fourth-order valence-corrected chi connectivity index (χ4v) is 1.74. The topological polar surface area (TPSA) is 66.0 Å². The molecule has 2 aromatic rings. The molecule has 19 heavy (non-hydrogen) atoms. The largest absolute Gasteiger partial charge is 0.493 e. The van der Waals surface area contributed by atoms with Gasteiger partial charge in [-0.05, 0) is 36.7 Å². The van der Waals surface area contributed by atoms with Gasteiger partial charge in [0, 0.05) is 6.42 Å². The van der Waals surface area contributed by atoms with Crippen LogP contribution < -0.4 is 10.5 Å². The monoisotopic (exact) mass is 260 g/mol. The number of aromatic nitrogens is 3. The third-order valence-electron chi connectivity index (χ3n) is 2.68. The highest BCUT2D eigenvalue weighted by Crippen LogP contribution is 2.16. The molecular weight excluding hydrogens is 240 g/mol. The second kappa shape index (κ2) is 6.33. The van der Waals surface area contributed by atoms with E-state index in [-0.39, 0.29) is 0 Å². The van der Waals surface area contributed by atoms with E-state index in [4.69, 9.17) is 10.5 Å². The van der Waals surface area contributed by atoms with E-state index in [1.54, 1.807) is 10.9 Å². The number of hydrogen-bond donors (Lipinski definition) is 1. The van der Waals surface area contributed by atoms with Crippen molar-refractivity contribution in [3.63, 3.8) is 0 Å². The molecule has 0 fully saturated rings. The molecule has 0 aliphatic rings. The fraction of sp³-hybridized carbons (Fsp3) is 0.429. The van der Waals surface area contributed by atoms with Gasteiger partial charge in [0.15, 0.2) is 0 Å². The number of nitrogens with two attached hydrogens (primary N) is 1. The molecule has 0 saturated heterocycles. The first-order chi connectivity index (χ1) is 9.20. The smallest absolute Gasteiger partial charge is 0.119 e. The van der Waals surface area contributed by atoms with Crippen LogP contribution in [0.2, 0.25) is 0 Å². The highest BCUT2D eigenvalue weighted by atomic mass is 16.5. The van der Waals surface area contributed by atoms with E-state index in [2.05, 4.69) is 24.2 Å². The Labute approximate surface area is 113 Å². The zero-order valence-corrected chi connectivity index (χ0v) is 11.4. The Morgan fingerprint density at radius 2 is 2.00 bits per heavy atom. The van der Waals surface area contributed by atoms with Crippen molar-refractivity contribution in [2.24, 2.45) is 11.7 Å². The third-order valence-corrected chi connectivity index (χ3v) is 2.68. The SMILES string of the molecule is CC(C)COc1ccc(-n2nncc2CCN)cc1. The molecule has 0 aliphatic carbocycles. The Morgan fingerprint density at radius 3 is 2.63 bits per heavy atom. The first kappa shape index (κ1) is 13.5. The lowest BCUT2D eigenvalue weighted by molar-refractivity contribution is 0.271. The van der Waals surface area contributed by atoms with Crippen LogP contribution >= 0.6 is 0 Å². The van der Waals surface area contributed by atoms with Gasteiger partial charge in [-0.15, -0.1) is 5.10 Å². The molecule has 0 bridgehead atoms. The van der Waals surface area contributed by atoms with Gasteiger partial charge < -0.3 is 10.5 Å². The van der Waals surface area contributed by atoms with Gasteiger partial charge in [-0.2, -0.15) is 0 Å². The van der Waals surface area contributed by atoms with Crippen LogP contribution in [-0.4, -0.2) is 28.1 Å². The molecule has 2 rings (SSSR count). The van der Waals surface area contributed by atoms with Crippen molar-refractivity contribution in [2.45, 2.75) is 20.3 Å². The molecule has 0 unspecified atom stereocenters. The lowest BCUT2D eigenvalue weighted by atomic mass is 10.2. The van der Waals surface area contributed by atoms with Gasteiger partial charge in [0.1, 0.15) is 5.75 Å². The van der Waals surface area contributed by atoms with Crippen LogP contribution in [0.1, 0.15) is 19.5 Å². The summed E-state index contributed by atoms with van der Waals surface area (Å²) in [4.78, 5) is 0. The van der Waals surface area contributed by atoms with Gasteiger partial charge >= 0.3 is 0 Å². The van der Waals surface area contributed by atoms with E-state index in [0.717, 1.165) is 30.2 Å². The van der Waals surface area contributed by atoms with Gasteiger partial charge in [-0.25, -0.2) is 4.68 Å². The van der Waals surface area contributed by atoms with Crippen molar-refractivity contribution < 1.29 is 4.74 Å². The van der Waals surface area contributed by atoms with Crippen LogP contribution in [0, 0.1) is 5.92 Å². The molecule has 0 radical (unpaired) electrons. The third kappa shape index (κ3) is 3.54. The molecule has 1 aromatic carbocycles. The zero-order chi connectivity index (χ0) is 13.7. The molecule has 5 nitrogen and oxygen atoms in total. The maximum absolute atomic E-state index is 5.65. The van der Waals surface area contributed by atoms with Gasteiger partial charge in [0.25, 0.3) is 0 Å². The molecule has 2 N–H and O–H groups in total. The van der Waals surface area contributed by atoms with Crippen LogP contribution in [0.5, 0.6) is 5.75 Å². The molecule has 0 atom stereocenters. The van der Waals surface area contributed by atoms with Crippen molar-refractivity contribution in [1.29, 1.82) is 0 Å². The van der Waals surface area contributed by atoms with Crippen molar-refractivity contribution in [2.75, 3.05) is 13.2 Å². The summed E-state index contributed by atoms with van der Waals surface area (Å²) in [5.74, 6) is 1.39. The van der Waals surface area contributed by atoms with E-state index < -0.39 is 0 Å². The predicted octanol–water partition coefficient (Wildman–Crippen LogP) is 1.80. The van der Waals surface area contributed by atoms with Crippen molar-refractivity contribution in [3.8, 4) is 11.4 Å². The van der Waals surface area contributed by atoms with Crippen molar-refractivity contribution >= 4 is 0 Å². The quantitative estimate of drug-likeness (QED) is 0.860. The Hall–Kier alpha value is -1.88. The Balaban J connectivity index is 2.11. The summed E-state index contributed by atoms with van der Waals surface area (Å²) in [6.45, 7) is 5.57. The Kier molecular flexibility index (Phi) is 4.52. The molecule has 0 amide bonds. The Morgan fingerprint density at radius 1 is 1.26 bits per heavy atom. The average molecular weight is 260 g/mol. The molecule has 1 aromatic heterocycles. The van der Waals surface area contributed by atoms with Gasteiger partial charge in [-0.3, -0.25) is 0 Å². The highest BCUT2D eigenvalue weighted by Gasteiger charge is 2.05. The standard InChI is InChI=1S/C14H20N4O/c1-11(2)10-19-14-5-3-12(4-6-14)18-13(7-8-15)9-16-17-18/h3-6,9,11H,7-8,10,15H2,1-2H3. The number of hydrogen-bond acceptors (Lipinski definition) is 4. The van der Waals surface area contributed by atoms with Crippen LogP contribution in [0.15, 0.2) is 30.5 Å². The van der Waals surface area contributed by atoms with E-state index in [0.29, 0.717) is 12.5 Å². The van der Waals surface area contributed by atoms with Crippen LogP contribution in [0.25, 0.3) is 5.69 Å². The Bertz CT molecular complexity index is 504. The summed E-state index contributed by atoms with van der Waals surface area (Å²) in [5.41, 5.74) is 7.55.